The summed E-state index contributed by atoms with van der Waals surface area (Å²) >= 11 is 12.7. The largest absolute Gasteiger partial charge is 1.00 e. The van der Waals surface area contributed by atoms with Gasteiger partial charge in [0.05, 0.1) is 49.2 Å². The van der Waals surface area contributed by atoms with Crippen LogP contribution in [-0.4, -0.2) is 86.3 Å². The van der Waals surface area contributed by atoms with Gasteiger partial charge in [-0.15, -0.1) is 52.9 Å². The van der Waals surface area contributed by atoms with E-state index in [1.54, 1.807) is 47.1 Å². The molecule has 1 saturated carbocycles. The number of nitrogens with one attached hydrogen (secondary N) is 1. The zero-order valence-electron chi connectivity index (χ0n) is 73.6. The third-order valence-corrected chi connectivity index (χ3v) is 20.1. The molecular formula is C106H99BBr4N5NaO15. The Morgan fingerprint density at radius 1 is 0.326 bits per heavy atom. The first-order valence-electron chi connectivity index (χ1n) is 41.2. The van der Waals surface area contributed by atoms with Gasteiger partial charge < -0.3 is 90.6 Å². The van der Waals surface area contributed by atoms with Crippen molar-refractivity contribution in [2.75, 3.05) is 39.1 Å². The number of phenolic OH excluding ortho intramolecular Hbond substituents is 6. The van der Waals surface area contributed by atoms with Crippen molar-refractivity contribution in [3.63, 3.8) is 0 Å². The zero-order chi connectivity index (χ0) is 94.3. The van der Waals surface area contributed by atoms with E-state index in [-0.39, 0.29) is 78.4 Å². The molecule has 26 heteroatoms. The smallest absolute Gasteiger partial charge is 0.850 e. The molecule has 16 aromatic carbocycles. The second-order valence-corrected chi connectivity index (χ2v) is 37.9. The van der Waals surface area contributed by atoms with Gasteiger partial charge in [-0.2, -0.15) is 0 Å². The van der Waals surface area contributed by atoms with E-state index in [1.807, 2.05) is 301 Å². The molecule has 0 amide bonds. The quantitative estimate of drug-likeness (QED) is 0.0281. The summed E-state index contributed by atoms with van der Waals surface area (Å²) in [6, 6.07) is 121. The van der Waals surface area contributed by atoms with Crippen molar-refractivity contribution in [1.29, 1.82) is 0 Å². The van der Waals surface area contributed by atoms with Gasteiger partial charge in [0.2, 0.25) is 11.5 Å². The van der Waals surface area contributed by atoms with E-state index in [2.05, 4.69) is 141 Å². The molecule has 1 fully saturated rings. The van der Waals surface area contributed by atoms with Crippen molar-refractivity contribution < 1.29 is 95.2 Å². The van der Waals surface area contributed by atoms with Crippen LogP contribution >= 0.6 is 63.2 Å². The van der Waals surface area contributed by atoms with Crippen molar-refractivity contribution in [2.24, 2.45) is 0 Å². The second kappa shape index (κ2) is 50.6. The number of benzene rings is 15. The minimum atomic E-state index is -1.34. The van der Waals surface area contributed by atoms with Crippen molar-refractivity contribution in [2.45, 2.75) is 64.3 Å². The topological polar surface area (TPSA) is 303 Å². The van der Waals surface area contributed by atoms with Gasteiger partial charge in [0.15, 0.2) is 0 Å². The summed E-state index contributed by atoms with van der Waals surface area (Å²) < 4.78 is 11.8. The van der Waals surface area contributed by atoms with Crippen LogP contribution in [0.2, 0.25) is 0 Å². The average Bonchev–Trinajstić information content (AvgIpc) is 0.722. The fourth-order valence-electron chi connectivity index (χ4n) is 14.0. The third kappa shape index (κ3) is 29.6. The first kappa shape index (κ1) is 103. The van der Waals surface area contributed by atoms with E-state index >= 15 is 0 Å². The summed E-state index contributed by atoms with van der Waals surface area (Å²) in [6.07, 6.45) is -2.69. The van der Waals surface area contributed by atoms with Gasteiger partial charge in [0, 0.05) is 133 Å². The molecule has 0 saturated heterocycles. The monoisotopic (exact) mass is 2030 g/mol. The number of aromatic hydroxyl groups is 8. The zero-order valence-corrected chi connectivity index (χ0v) is 81.9. The van der Waals surface area contributed by atoms with Crippen molar-refractivity contribution in [1.82, 2.24) is 0 Å². The second-order valence-electron chi connectivity index (χ2n) is 30.5. The molecule has 0 heterocycles. The molecule has 17 rings (SSSR count). The number of hydrogen-bond donors (Lipinski definition) is 11. The van der Waals surface area contributed by atoms with E-state index < -0.39 is 52.0 Å². The summed E-state index contributed by atoms with van der Waals surface area (Å²) in [7, 11) is 3.37. The van der Waals surface area contributed by atoms with Crippen LogP contribution in [0.25, 0.3) is 0 Å². The van der Waals surface area contributed by atoms with Gasteiger partial charge in [-0.25, -0.2) is 0 Å². The molecule has 132 heavy (non-hydrogen) atoms. The SMILES string of the molecule is BrB(Br)Br.CC(C)(C)[O-].COc1cc(C)cc(Br)c1.COc1cc(C)cc(N(c2ccccc2)c2ccccc2)c1.O=c1c(O)c(O)c1=O.Oc1cc(N(c2ccccc2)c2ccccc2)cc(O)c1C1C(O)C(c2c(O)cc(N(c3ccccc3)c3ccccc3)cc2O)C1O.Oc1cc(O)cc(N(c2ccccc2)c2ccccc2)c1.[Na+].c1ccc(Nc2ccccc2)cc1. The number of phenols is 6. The molecule has 1 aliphatic rings. The first-order valence-corrected chi connectivity index (χ1v) is 44.7. The number of para-hydroxylation sites is 10. The number of methoxy groups -OCH3 is 2. The molecule has 0 spiro atoms. The van der Waals surface area contributed by atoms with Crippen molar-refractivity contribution in [3.05, 3.63) is 429 Å². The van der Waals surface area contributed by atoms with Gasteiger partial charge >= 0.3 is 32.7 Å². The fourth-order valence-corrected chi connectivity index (χ4v) is 14.6. The third-order valence-electron chi connectivity index (χ3n) is 19.6. The molecule has 11 N–H and O–H groups in total. The predicted octanol–water partition coefficient (Wildman–Crippen LogP) is 22.3. The Kier molecular flexibility index (Phi) is 39.5. The first-order chi connectivity index (χ1) is 62.9. The molecule has 0 radical (unpaired) electrons. The Hall–Kier alpha value is -12.8. The number of aliphatic hydroxyl groups excluding tert-OH is 2. The molecule has 0 aromatic heterocycles. The molecule has 16 aromatic rings. The van der Waals surface area contributed by atoms with E-state index in [0.717, 1.165) is 78.5 Å². The summed E-state index contributed by atoms with van der Waals surface area (Å²) in [6.45, 7) is 9.01. The summed E-state index contributed by atoms with van der Waals surface area (Å²) in [4.78, 5) is 27.8. The van der Waals surface area contributed by atoms with Crippen LogP contribution in [0, 0.1) is 13.8 Å². The Bertz CT molecular complexity index is 5830. The molecule has 670 valence electrons. The van der Waals surface area contributed by atoms with Gasteiger partial charge in [0.25, 0.3) is 10.9 Å². The van der Waals surface area contributed by atoms with Crippen LogP contribution in [0.15, 0.2) is 396 Å². The molecule has 20 nitrogen and oxygen atoms in total. The van der Waals surface area contributed by atoms with Gasteiger partial charge in [-0.1, -0.05) is 219 Å². The number of halogens is 4. The number of ether oxygens (including phenoxy) is 2. The van der Waals surface area contributed by atoms with Crippen LogP contribution < -0.4 is 79.9 Å². The van der Waals surface area contributed by atoms with Crippen LogP contribution in [0.4, 0.5) is 79.6 Å². The van der Waals surface area contributed by atoms with Crippen molar-refractivity contribution >= 4 is 146 Å². The minimum absolute atomic E-state index is 0. The molecule has 0 unspecified atom stereocenters. The number of rotatable bonds is 18. The van der Waals surface area contributed by atoms with Crippen molar-refractivity contribution in [3.8, 4) is 57.5 Å². The Morgan fingerprint density at radius 2 is 0.538 bits per heavy atom. The maximum atomic E-state index is 11.4. The van der Waals surface area contributed by atoms with Crippen LogP contribution in [0.1, 0.15) is 54.9 Å². The number of nitrogens with zero attached hydrogens (tertiary/aromatic N) is 4. The number of anilines is 14. The van der Waals surface area contributed by atoms with E-state index in [4.69, 9.17) is 19.7 Å². The minimum Gasteiger partial charge on any atom is -0.850 e. The number of aliphatic hydroxyl groups is 2. The maximum Gasteiger partial charge on any atom is 1.00 e. The molecule has 1 aliphatic carbocycles. The normalized spacial score (nSPS) is 13.0. The summed E-state index contributed by atoms with van der Waals surface area (Å²) in [5.74, 6) is -3.25. The van der Waals surface area contributed by atoms with Crippen LogP contribution in [0.3, 0.4) is 0 Å². The summed E-state index contributed by atoms with van der Waals surface area (Å²) in [5.41, 5.74) is 11.9. The molecule has 0 aliphatic heterocycles. The molecule has 0 atom stereocenters. The maximum absolute atomic E-state index is 11.4. The number of aryl methyl sites for hydroxylation is 2. The molecular weight excluding hydrogens is 1940 g/mol. The Morgan fingerprint density at radius 3 is 0.765 bits per heavy atom. The standard InChI is InChI=1S/C40H34N2O6.C20H19NO.C18H15NO2.C12H11N.C8H9BrO.C4H2O4.C4H9O.BBr3.Na/c43-31-21-29(41(25-13-5-1-6-14-25)26-15-7-2-8-16-26)22-32(44)35(31)37-39(47)38(40(37)48)36-33(45)23-30(24-34(36)46)42(27-17-9-3-10-18-27)28-19-11-4-12-20-28;1-16-13-19(15-20(14-16)22-2)21(17-9-5-3-6-10-17)18-11-7-4-8-12-18;20-17-11-16(12-18(21)13-17)19(14-7-3-1-4-8-14)15-9-5-2-6-10-15;1-3-7-11(8-4-1)13-12-9-5-2-6-10-12;1-6-3-7(9)5-8(4-6)10-2;5-1-2(6)4(8)3(1)7;1-4(2,3)5;2-1(3)4;/h1-24,37-40,43-48H;3-15H,1-2H3;1-13,20-21H;1-10,13H;3-5H,1-2H3;5-6H;1-3H3;;/q;;;;;;-1;;+1. The Balaban J connectivity index is 0.000000194. The van der Waals surface area contributed by atoms with E-state index in [1.165, 1.54) is 41.5 Å². The van der Waals surface area contributed by atoms with E-state index in [9.17, 15) is 55.5 Å². The molecule has 0 bridgehead atoms. The van der Waals surface area contributed by atoms with Gasteiger partial charge in [0.1, 0.15) is 46.0 Å². The summed E-state index contributed by atoms with van der Waals surface area (Å²) in [5, 5.41) is 117. The predicted molar refractivity (Wildman–Crippen MR) is 542 cm³/mol. The number of hydrogen-bond acceptors (Lipinski definition) is 20. The van der Waals surface area contributed by atoms with Gasteiger partial charge in [-0.3, -0.25) is 9.59 Å². The fraction of sp³-hybridized carbons (Fsp3) is 0.113. The van der Waals surface area contributed by atoms with Crippen LogP contribution in [-0.2, 0) is 0 Å². The Labute approximate surface area is 824 Å². The average molecular weight is 2040 g/mol. The van der Waals surface area contributed by atoms with Gasteiger partial charge in [-0.05, 0) is 177 Å². The van der Waals surface area contributed by atoms with E-state index in [0.29, 0.717) is 17.1 Å². The van der Waals surface area contributed by atoms with Crippen LogP contribution in [0.5, 0.6) is 57.5 Å².